The molecule has 1 saturated heterocycles. The number of rotatable bonds is 26. The Kier molecular flexibility index (Phi) is 18.7. The number of hydrogen-bond acceptors (Lipinski definition) is 11. The molecule has 15 nitrogen and oxygen atoms in total. The summed E-state index contributed by atoms with van der Waals surface area (Å²) in [4.78, 5) is 27.5. The molecular weight excluding hydrogens is 624 g/mol. The number of aromatic nitrogens is 3. The molecule has 1 aromatic heterocycles. The number of carbonyl (C=O) groups is 2. The molecule has 272 valence electrons. The first kappa shape index (κ1) is 39.5. The van der Waals surface area contributed by atoms with Crippen LogP contribution in [0.15, 0.2) is 30.6 Å². The summed E-state index contributed by atoms with van der Waals surface area (Å²) in [6.07, 6.45) is 6.04. The van der Waals surface area contributed by atoms with E-state index in [2.05, 4.69) is 43.0 Å². The van der Waals surface area contributed by atoms with Crippen LogP contribution in [0.1, 0.15) is 32.9 Å². The highest BCUT2D eigenvalue weighted by Gasteiger charge is 2.33. The second kappa shape index (κ2) is 22.7. The molecule has 15 heteroatoms. The van der Waals surface area contributed by atoms with Gasteiger partial charge in [-0.2, -0.15) is 0 Å². The van der Waals surface area contributed by atoms with E-state index in [-0.39, 0.29) is 17.4 Å². The summed E-state index contributed by atoms with van der Waals surface area (Å²) >= 11 is 0. The number of amides is 3. The van der Waals surface area contributed by atoms with Gasteiger partial charge in [-0.3, -0.25) is 4.79 Å². The highest BCUT2D eigenvalue weighted by atomic mass is 16.6. The molecule has 0 bridgehead atoms. The van der Waals surface area contributed by atoms with Crippen molar-refractivity contribution in [2.45, 2.75) is 40.3 Å². The molecule has 3 rings (SSSR count). The van der Waals surface area contributed by atoms with Crippen LogP contribution < -0.4 is 5.32 Å². The molecule has 3 heterocycles. The monoisotopic (exact) mass is 680 g/mol. The van der Waals surface area contributed by atoms with E-state index in [1.165, 1.54) is 6.08 Å². The van der Waals surface area contributed by atoms with E-state index in [1.54, 1.807) is 21.9 Å². The minimum atomic E-state index is -0.0988. The second-order valence-corrected chi connectivity index (χ2v) is 12.5. The second-order valence-electron chi connectivity index (χ2n) is 12.5. The standard InChI is InChI=1S/C33H56N6O9/c1-28-5-6-31(40)39(28)27-30-26-38(36-35-30)10-12-43-14-16-45-18-20-47-22-24-48-23-21-46-19-17-44-15-13-42-11-8-34-32(41)37-9-7-29(25-37)33(2,3)4/h5-6,26,29H,1,7-25,27H2,2-4H3,(H,34,41)/t29-/m1/s1. The van der Waals surface area contributed by atoms with E-state index in [0.717, 1.165) is 19.5 Å². The van der Waals surface area contributed by atoms with E-state index in [4.69, 9.17) is 33.2 Å². The van der Waals surface area contributed by atoms with Gasteiger partial charge < -0.3 is 48.3 Å². The maximum Gasteiger partial charge on any atom is 0.317 e. The highest BCUT2D eigenvalue weighted by molar-refractivity contribution is 5.92. The van der Waals surface area contributed by atoms with Gasteiger partial charge in [-0.25, -0.2) is 9.48 Å². The van der Waals surface area contributed by atoms with Gasteiger partial charge in [0.1, 0.15) is 5.69 Å². The van der Waals surface area contributed by atoms with Crippen LogP contribution in [-0.2, 0) is 51.0 Å². The molecular formula is C33H56N6O9. The smallest absolute Gasteiger partial charge is 0.317 e. The van der Waals surface area contributed by atoms with Crippen LogP contribution in [-0.4, -0.2) is 149 Å². The van der Waals surface area contributed by atoms with Gasteiger partial charge in [0.25, 0.3) is 5.91 Å². The van der Waals surface area contributed by atoms with Crippen molar-refractivity contribution in [2.75, 3.05) is 112 Å². The minimum absolute atomic E-state index is 0.00737. The quantitative estimate of drug-likeness (QED) is 0.143. The number of carbonyl (C=O) groups excluding carboxylic acids is 2. The summed E-state index contributed by atoms with van der Waals surface area (Å²) in [6, 6.07) is -0.00737. The van der Waals surface area contributed by atoms with Crippen molar-refractivity contribution in [1.82, 2.24) is 30.1 Å². The first-order valence-corrected chi connectivity index (χ1v) is 16.9. The lowest BCUT2D eigenvalue weighted by atomic mass is 9.80. The molecule has 0 radical (unpaired) electrons. The summed E-state index contributed by atoms with van der Waals surface area (Å²) < 4.78 is 40.3. The normalized spacial score (nSPS) is 16.5. The van der Waals surface area contributed by atoms with Crippen LogP contribution in [0.25, 0.3) is 0 Å². The van der Waals surface area contributed by atoms with Crippen molar-refractivity contribution < 1.29 is 42.7 Å². The molecule has 0 aliphatic carbocycles. The Balaban J connectivity index is 0.972. The van der Waals surface area contributed by atoms with Crippen LogP contribution in [0.3, 0.4) is 0 Å². The van der Waals surface area contributed by atoms with Crippen molar-refractivity contribution >= 4 is 11.9 Å². The minimum Gasteiger partial charge on any atom is -0.377 e. The zero-order valence-corrected chi connectivity index (χ0v) is 29.1. The number of nitrogens with zero attached hydrogens (tertiary/aromatic N) is 5. The van der Waals surface area contributed by atoms with Crippen molar-refractivity contribution in [3.8, 4) is 0 Å². The molecule has 0 unspecified atom stereocenters. The Morgan fingerprint density at radius 3 is 1.83 bits per heavy atom. The third kappa shape index (κ3) is 16.0. The zero-order chi connectivity index (χ0) is 34.5. The van der Waals surface area contributed by atoms with Gasteiger partial charge in [-0.1, -0.05) is 32.6 Å². The summed E-state index contributed by atoms with van der Waals surface area (Å²) in [7, 11) is 0. The number of ether oxygens (including phenoxy) is 7. The van der Waals surface area contributed by atoms with Gasteiger partial charge in [-0.15, -0.1) is 5.10 Å². The molecule has 1 fully saturated rings. The molecule has 1 atom stereocenters. The van der Waals surface area contributed by atoms with Crippen LogP contribution in [0.4, 0.5) is 4.79 Å². The summed E-state index contributed by atoms with van der Waals surface area (Å²) in [5.41, 5.74) is 1.57. The van der Waals surface area contributed by atoms with Crippen LogP contribution in [0.5, 0.6) is 0 Å². The first-order chi connectivity index (χ1) is 23.2. The molecule has 3 amide bonds. The predicted molar refractivity (Wildman–Crippen MR) is 177 cm³/mol. The van der Waals surface area contributed by atoms with Gasteiger partial charge in [0, 0.05) is 31.4 Å². The van der Waals surface area contributed by atoms with Crippen LogP contribution >= 0.6 is 0 Å². The number of urea groups is 1. The van der Waals surface area contributed by atoms with E-state index >= 15 is 0 Å². The Morgan fingerprint density at radius 2 is 1.35 bits per heavy atom. The Bertz CT molecular complexity index is 1090. The lowest BCUT2D eigenvalue weighted by Crippen LogP contribution is -2.40. The molecule has 1 aromatic rings. The van der Waals surface area contributed by atoms with Crippen molar-refractivity contribution in [3.63, 3.8) is 0 Å². The molecule has 2 aliphatic heterocycles. The van der Waals surface area contributed by atoms with E-state index < -0.39 is 0 Å². The molecule has 1 N–H and O–H groups in total. The average Bonchev–Trinajstić information content (AvgIpc) is 3.81. The summed E-state index contributed by atoms with van der Waals surface area (Å²) in [6.45, 7) is 20.3. The number of likely N-dealkylation sites (tertiary alicyclic amines) is 1. The van der Waals surface area contributed by atoms with Crippen LogP contribution in [0, 0.1) is 11.3 Å². The molecule has 48 heavy (non-hydrogen) atoms. The van der Waals surface area contributed by atoms with Gasteiger partial charge in [-0.05, 0) is 23.8 Å². The average molecular weight is 681 g/mol. The molecule has 2 aliphatic rings. The van der Waals surface area contributed by atoms with Gasteiger partial charge in [0.05, 0.1) is 112 Å². The number of nitrogens with one attached hydrogen (secondary N) is 1. The predicted octanol–water partition coefficient (Wildman–Crippen LogP) is 1.88. The van der Waals surface area contributed by atoms with Gasteiger partial charge in [0.15, 0.2) is 0 Å². The van der Waals surface area contributed by atoms with Gasteiger partial charge in [0.2, 0.25) is 0 Å². The third-order valence-electron chi connectivity index (χ3n) is 7.86. The van der Waals surface area contributed by atoms with E-state index in [0.29, 0.717) is 129 Å². The largest absolute Gasteiger partial charge is 0.377 e. The molecule has 0 aromatic carbocycles. The van der Waals surface area contributed by atoms with Crippen molar-refractivity contribution in [2.24, 2.45) is 11.3 Å². The lowest BCUT2D eigenvalue weighted by molar-refractivity contribution is -0.123. The fourth-order valence-electron chi connectivity index (χ4n) is 4.92. The Labute approximate surface area is 284 Å². The van der Waals surface area contributed by atoms with Crippen molar-refractivity contribution in [3.05, 3.63) is 36.3 Å². The summed E-state index contributed by atoms with van der Waals surface area (Å²) in [5, 5.41) is 11.1. The fourth-order valence-corrected chi connectivity index (χ4v) is 4.92. The summed E-state index contributed by atoms with van der Waals surface area (Å²) in [5.74, 6) is 0.448. The zero-order valence-electron chi connectivity index (χ0n) is 29.1. The maximum absolute atomic E-state index is 12.3. The van der Waals surface area contributed by atoms with Crippen molar-refractivity contribution in [1.29, 1.82) is 0 Å². The highest BCUT2D eigenvalue weighted by Crippen LogP contribution is 2.33. The molecule has 0 spiro atoms. The first-order valence-electron chi connectivity index (χ1n) is 16.9. The van der Waals surface area contributed by atoms with Gasteiger partial charge >= 0.3 is 6.03 Å². The lowest BCUT2D eigenvalue weighted by Gasteiger charge is -2.27. The SMILES string of the molecule is C=C1C=CC(=O)N1Cc1cn(CCOCCOCCOCCOCCOCCOCCOCCNC(=O)N2CC[C@@H](C(C)(C)C)C2)nn1. The third-order valence-corrected chi connectivity index (χ3v) is 7.86. The molecule has 0 saturated carbocycles. The Hall–Kier alpha value is -2.92. The fraction of sp³-hybridized carbons (Fsp3) is 0.758. The van der Waals surface area contributed by atoms with E-state index in [9.17, 15) is 9.59 Å². The van der Waals surface area contributed by atoms with E-state index in [1.807, 2.05) is 4.90 Å². The Morgan fingerprint density at radius 1 is 0.833 bits per heavy atom. The topological polar surface area (TPSA) is 148 Å². The van der Waals surface area contributed by atoms with Crippen LogP contribution in [0.2, 0.25) is 0 Å². The number of hydrogen-bond donors (Lipinski definition) is 1. The maximum atomic E-state index is 12.3. The number of allylic oxidation sites excluding steroid dienone is 1.